The Balaban J connectivity index is -0.000000320. The summed E-state index contributed by atoms with van der Waals surface area (Å²) in [6.07, 6.45) is 0. The first-order chi connectivity index (χ1) is 3.71. The standard InChI is InChI=1S/Ce.Na.H4O7P2/c;;1-8(2,3)7-9(4,5)6/h;;(H2,1,2,3)(H2,4,5,6)/q+3;+1;/p-4. The van der Waals surface area contributed by atoms with Gasteiger partial charge in [-0.1, -0.05) is 0 Å². The summed E-state index contributed by atoms with van der Waals surface area (Å²) in [5, 5.41) is 0. The van der Waals surface area contributed by atoms with Gasteiger partial charge in [0, 0.05) is 0 Å². The second-order valence-corrected chi connectivity index (χ2v) is 3.42. The van der Waals surface area contributed by atoms with Crippen molar-refractivity contribution in [2.75, 3.05) is 0 Å². The van der Waals surface area contributed by atoms with E-state index in [0.29, 0.717) is 0 Å². The molecular formula is CeNaO7P2. The Morgan fingerprint density at radius 3 is 1.09 bits per heavy atom. The summed E-state index contributed by atoms with van der Waals surface area (Å²) < 4.78 is 21.2. The van der Waals surface area contributed by atoms with Crippen molar-refractivity contribution in [3.05, 3.63) is 0 Å². The first kappa shape index (κ1) is 19.2. The smallest absolute Gasteiger partial charge is 0.790 e. The molecule has 0 fully saturated rings. The predicted octanol–water partition coefficient (Wildman–Crippen LogP) is -6.34. The Kier molecular flexibility index (Phi) is 12.2. The summed E-state index contributed by atoms with van der Waals surface area (Å²) >= 11 is 0. The van der Waals surface area contributed by atoms with E-state index in [1.165, 1.54) is 0 Å². The average Bonchev–Trinajstić information content (AvgIpc) is 1.14. The molecule has 0 amide bonds. The minimum absolute atomic E-state index is 0. The molecular weight excluding hydrogens is 337 g/mol. The van der Waals surface area contributed by atoms with Crippen LogP contribution in [0.3, 0.4) is 0 Å². The molecule has 0 aromatic rings. The quantitative estimate of drug-likeness (QED) is 0.361. The monoisotopic (exact) mass is 337 g/mol. The van der Waals surface area contributed by atoms with Gasteiger partial charge in [-0.15, -0.1) is 0 Å². The van der Waals surface area contributed by atoms with Gasteiger partial charge in [-0.3, -0.25) is 0 Å². The van der Waals surface area contributed by atoms with E-state index in [2.05, 4.69) is 4.31 Å². The number of phosphoric acid groups is 2. The second-order valence-electron chi connectivity index (χ2n) is 0.976. The van der Waals surface area contributed by atoms with Crippen LogP contribution < -0.4 is 49.1 Å². The van der Waals surface area contributed by atoms with E-state index in [4.69, 9.17) is 0 Å². The summed E-state index contributed by atoms with van der Waals surface area (Å²) in [5.41, 5.74) is 0. The Morgan fingerprint density at radius 1 is 0.909 bits per heavy atom. The van der Waals surface area contributed by atoms with Crippen LogP contribution in [-0.2, 0) is 13.4 Å². The van der Waals surface area contributed by atoms with Gasteiger partial charge in [-0.25, -0.2) is 0 Å². The molecule has 0 heterocycles. The molecule has 0 aromatic carbocycles. The van der Waals surface area contributed by atoms with Gasteiger partial charge in [-0.05, 0) is 0 Å². The first-order valence-corrected chi connectivity index (χ1v) is 4.38. The molecule has 0 saturated carbocycles. The van der Waals surface area contributed by atoms with E-state index < -0.39 is 15.6 Å². The van der Waals surface area contributed by atoms with Gasteiger partial charge in [0.2, 0.25) is 0 Å². The Morgan fingerprint density at radius 2 is 1.09 bits per heavy atom. The predicted molar refractivity (Wildman–Crippen MR) is 16.3 cm³/mol. The van der Waals surface area contributed by atoms with E-state index in [1.54, 1.807) is 0 Å². The molecule has 0 aromatic heterocycles. The van der Waals surface area contributed by atoms with Crippen LogP contribution in [0.5, 0.6) is 0 Å². The fourth-order valence-corrected chi connectivity index (χ4v) is 1.10. The zero-order chi connectivity index (χ0) is 7.71. The van der Waals surface area contributed by atoms with Crippen molar-refractivity contribution in [3.63, 3.8) is 0 Å². The maximum Gasteiger partial charge on any atom is 3.00 e. The summed E-state index contributed by atoms with van der Waals surface area (Å²) in [6, 6.07) is 0. The first-order valence-electron chi connectivity index (χ1n) is 1.46. The van der Waals surface area contributed by atoms with Gasteiger partial charge in [-0.2, -0.15) is 0 Å². The molecule has 7 nitrogen and oxygen atoms in total. The fraction of sp³-hybridized carbons (Fsp3) is 0. The van der Waals surface area contributed by atoms with E-state index in [-0.39, 0.29) is 71.3 Å². The van der Waals surface area contributed by atoms with Gasteiger partial charge in [0.15, 0.2) is 0 Å². The fourth-order valence-electron chi connectivity index (χ4n) is 0.122. The Labute approximate surface area is 118 Å². The van der Waals surface area contributed by atoms with Crippen LogP contribution in [0.25, 0.3) is 0 Å². The topological polar surface area (TPSA) is 136 Å². The maximum atomic E-state index is 9.32. The van der Waals surface area contributed by atoms with Crippen molar-refractivity contribution in [3.8, 4) is 0 Å². The molecule has 11 heteroatoms. The Hall–Kier alpha value is 2.64. The molecule has 57 valence electrons. The number of hydrogen-bond donors (Lipinski definition) is 0. The van der Waals surface area contributed by atoms with Crippen LogP contribution in [0.1, 0.15) is 0 Å². The van der Waals surface area contributed by atoms with E-state index in [0.717, 1.165) is 0 Å². The average molecular weight is 337 g/mol. The SMILES string of the molecule is O=P([O-])([O-])OP(=O)([O-])[O-].[Ce+3].[Na+]. The molecule has 0 N–H and O–H groups in total. The van der Waals surface area contributed by atoms with Crippen LogP contribution in [0.4, 0.5) is 0 Å². The van der Waals surface area contributed by atoms with Crippen molar-refractivity contribution in [1.29, 1.82) is 0 Å². The molecule has 1 radical (unpaired) electrons. The van der Waals surface area contributed by atoms with Gasteiger partial charge in [0.1, 0.15) is 0 Å². The van der Waals surface area contributed by atoms with Crippen LogP contribution in [0, 0.1) is 41.7 Å². The third-order valence-electron chi connectivity index (χ3n) is 0.200. The molecule has 0 spiro atoms. The molecule has 11 heavy (non-hydrogen) atoms. The van der Waals surface area contributed by atoms with Gasteiger partial charge in [0.05, 0.1) is 15.6 Å². The zero-order valence-electron chi connectivity index (χ0n) is 5.25. The third-order valence-corrected chi connectivity index (χ3v) is 1.80. The molecule has 0 bridgehead atoms. The second kappa shape index (κ2) is 7.00. The molecule has 0 saturated heterocycles. The molecule has 0 aliphatic rings. The number of rotatable bonds is 2. The number of hydrogen-bond acceptors (Lipinski definition) is 7. The van der Waals surface area contributed by atoms with Crippen molar-refractivity contribution in [2.45, 2.75) is 0 Å². The summed E-state index contributed by atoms with van der Waals surface area (Å²) in [4.78, 5) is 37.3. The van der Waals surface area contributed by atoms with Crippen LogP contribution >= 0.6 is 15.6 Å². The third kappa shape index (κ3) is 19.2. The van der Waals surface area contributed by atoms with Gasteiger partial charge in [0.25, 0.3) is 0 Å². The largest absolute Gasteiger partial charge is 3.00 e. The summed E-state index contributed by atoms with van der Waals surface area (Å²) in [6.45, 7) is 0. The molecule has 0 aliphatic carbocycles. The van der Waals surface area contributed by atoms with Crippen molar-refractivity contribution in [1.82, 2.24) is 0 Å². The van der Waals surface area contributed by atoms with Crippen molar-refractivity contribution >= 4 is 15.6 Å². The minimum Gasteiger partial charge on any atom is -0.790 e. The molecule has 0 atom stereocenters. The van der Waals surface area contributed by atoms with Gasteiger partial charge >= 0.3 is 71.3 Å². The molecule has 0 unspecified atom stereocenters. The Bertz CT molecular complexity index is 157. The zero-order valence-corrected chi connectivity index (χ0v) is 12.2. The summed E-state index contributed by atoms with van der Waals surface area (Å²) in [7, 11) is -11.4. The van der Waals surface area contributed by atoms with E-state index >= 15 is 0 Å². The van der Waals surface area contributed by atoms with Crippen molar-refractivity contribution < 1.29 is 104 Å². The van der Waals surface area contributed by atoms with E-state index in [9.17, 15) is 28.7 Å². The minimum atomic E-state index is -5.68. The normalized spacial score (nSPS) is 11.3. The van der Waals surface area contributed by atoms with Crippen LogP contribution in [0.2, 0.25) is 0 Å². The van der Waals surface area contributed by atoms with Crippen LogP contribution in [-0.4, -0.2) is 0 Å². The van der Waals surface area contributed by atoms with E-state index in [1.807, 2.05) is 0 Å². The molecule has 0 rings (SSSR count). The van der Waals surface area contributed by atoms with Crippen molar-refractivity contribution in [2.24, 2.45) is 0 Å². The molecule has 0 aliphatic heterocycles. The van der Waals surface area contributed by atoms with Gasteiger partial charge < -0.3 is 33.0 Å². The van der Waals surface area contributed by atoms with Crippen LogP contribution in [0.15, 0.2) is 0 Å². The summed E-state index contributed by atoms with van der Waals surface area (Å²) in [5.74, 6) is 0. The maximum absolute atomic E-state index is 9.32.